The Morgan fingerprint density at radius 2 is 1.03 bits per heavy atom. The van der Waals surface area contributed by atoms with Crippen LogP contribution in [0.4, 0.5) is 11.4 Å². The maximum atomic E-state index is 14.0. The van der Waals surface area contributed by atoms with Crippen molar-refractivity contribution in [3.05, 3.63) is 60.7 Å². The van der Waals surface area contributed by atoms with Gasteiger partial charge < -0.3 is 14.9 Å². The van der Waals surface area contributed by atoms with Gasteiger partial charge in [-0.15, -0.1) is 0 Å². The van der Waals surface area contributed by atoms with Crippen molar-refractivity contribution in [3.8, 4) is 0 Å². The lowest BCUT2D eigenvalue weighted by atomic mass is 9.78. The molecule has 6 heteroatoms. The molecule has 0 radical (unpaired) electrons. The summed E-state index contributed by atoms with van der Waals surface area (Å²) in [5, 5.41) is 10.0. The molecule has 1 N–H and O–H groups in total. The fourth-order valence-electron chi connectivity index (χ4n) is 4.47. The van der Waals surface area contributed by atoms with Crippen LogP contribution in [-0.4, -0.2) is 61.2 Å². The van der Waals surface area contributed by atoms with Gasteiger partial charge in [0.15, 0.2) is 0 Å². The number of benzene rings is 2. The van der Waals surface area contributed by atoms with E-state index in [2.05, 4.69) is 0 Å². The molecule has 2 atom stereocenters. The Bertz CT molecular complexity index is 857. The molecule has 0 spiro atoms. The molecule has 2 rings (SSSR count). The molecule has 2 unspecified atom stereocenters. The third-order valence-electron chi connectivity index (χ3n) is 6.08. The van der Waals surface area contributed by atoms with Gasteiger partial charge in [0.05, 0.1) is 18.7 Å². The standard InChI is InChI=1S/C28H41N3O3/c1-27(2,3)23(25(33)29(7)21-15-11-9-12-16-21)31(19-20-32)24(28(4,5)6)26(34)30(8)22-17-13-10-14-18-22/h9-18,23-24,32H,19-20H2,1-8H3. The lowest BCUT2D eigenvalue weighted by Crippen LogP contribution is -2.64. The SMILES string of the molecule is CN(C(=O)C(N(CCO)C(C(=O)N(C)c1ccccc1)C(C)(C)C)C(C)(C)C)c1ccccc1. The zero-order valence-corrected chi connectivity index (χ0v) is 21.9. The zero-order chi connectivity index (χ0) is 25.7. The molecule has 2 aromatic rings. The lowest BCUT2D eigenvalue weighted by Gasteiger charge is -2.48. The lowest BCUT2D eigenvalue weighted by molar-refractivity contribution is -0.138. The molecule has 0 fully saturated rings. The number of likely N-dealkylation sites (N-methyl/N-ethyl adjacent to an activating group) is 2. The number of para-hydroxylation sites is 2. The summed E-state index contributed by atoms with van der Waals surface area (Å²) in [6.45, 7) is 12.1. The molecule has 2 amide bonds. The maximum absolute atomic E-state index is 14.0. The van der Waals surface area contributed by atoms with E-state index < -0.39 is 22.9 Å². The van der Waals surface area contributed by atoms with E-state index in [1.165, 1.54) is 0 Å². The van der Waals surface area contributed by atoms with Gasteiger partial charge in [0.2, 0.25) is 11.8 Å². The van der Waals surface area contributed by atoms with Gasteiger partial charge in [-0.25, -0.2) is 0 Å². The molecule has 2 aromatic carbocycles. The Morgan fingerprint density at radius 3 is 1.29 bits per heavy atom. The number of aliphatic hydroxyl groups is 1. The van der Waals surface area contributed by atoms with Crippen LogP contribution in [-0.2, 0) is 9.59 Å². The molecule has 0 aliphatic carbocycles. The van der Waals surface area contributed by atoms with Gasteiger partial charge >= 0.3 is 0 Å². The second-order valence-corrected chi connectivity index (χ2v) is 11.0. The average Bonchev–Trinajstić information content (AvgIpc) is 2.77. The van der Waals surface area contributed by atoms with Crippen LogP contribution in [0.1, 0.15) is 41.5 Å². The normalized spacial score (nSPS) is 13.9. The molecule has 0 aliphatic rings. The Balaban J connectivity index is 2.58. The number of nitrogens with zero attached hydrogens (tertiary/aromatic N) is 3. The first-order valence-electron chi connectivity index (χ1n) is 11.8. The summed E-state index contributed by atoms with van der Waals surface area (Å²) in [6.07, 6.45) is 0. The van der Waals surface area contributed by atoms with Gasteiger partial charge in [-0.3, -0.25) is 14.5 Å². The molecule has 0 heterocycles. The topological polar surface area (TPSA) is 64.1 Å². The van der Waals surface area contributed by atoms with Crippen LogP contribution in [0.2, 0.25) is 0 Å². The monoisotopic (exact) mass is 467 g/mol. The first-order chi connectivity index (χ1) is 15.8. The predicted octanol–water partition coefficient (Wildman–Crippen LogP) is 4.44. The van der Waals surface area contributed by atoms with Crippen molar-refractivity contribution in [2.45, 2.75) is 53.6 Å². The van der Waals surface area contributed by atoms with Gasteiger partial charge in [-0.2, -0.15) is 0 Å². The van der Waals surface area contributed by atoms with Crippen molar-refractivity contribution in [3.63, 3.8) is 0 Å². The van der Waals surface area contributed by atoms with Crippen molar-refractivity contribution < 1.29 is 14.7 Å². The highest BCUT2D eigenvalue weighted by Gasteiger charge is 2.47. The van der Waals surface area contributed by atoms with E-state index in [1.807, 2.05) is 107 Å². The second-order valence-electron chi connectivity index (χ2n) is 11.0. The van der Waals surface area contributed by atoms with E-state index >= 15 is 0 Å². The molecular formula is C28H41N3O3. The molecule has 0 bridgehead atoms. The maximum Gasteiger partial charge on any atom is 0.244 e. The van der Waals surface area contributed by atoms with E-state index in [4.69, 9.17) is 0 Å². The highest BCUT2D eigenvalue weighted by Crippen LogP contribution is 2.35. The number of hydrogen-bond donors (Lipinski definition) is 1. The van der Waals surface area contributed by atoms with Gasteiger partial charge in [0, 0.05) is 32.0 Å². The summed E-state index contributed by atoms with van der Waals surface area (Å²) < 4.78 is 0. The van der Waals surface area contributed by atoms with Crippen LogP contribution in [0, 0.1) is 10.8 Å². The first-order valence-corrected chi connectivity index (χ1v) is 11.8. The van der Waals surface area contributed by atoms with Crippen LogP contribution in [0.25, 0.3) is 0 Å². The molecule has 0 aromatic heterocycles. The largest absolute Gasteiger partial charge is 0.395 e. The third-order valence-corrected chi connectivity index (χ3v) is 6.08. The first kappa shape index (κ1) is 27.5. The number of carbonyl (C=O) groups excluding carboxylic acids is 2. The van der Waals surface area contributed by atoms with Crippen molar-refractivity contribution in [2.24, 2.45) is 10.8 Å². The van der Waals surface area contributed by atoms with Crippen LogP contribution in [0.15, 0.2) is 60.7 Å². The number of carbonyl (C=O) groups is 2. The van der Waals surface area contributed by atoms with Crippen LogP contribution >= 0.6 is 0 Å². The van der Waals surface area contributed by atoms with Gasteiger partial charge in [0.1, 0.15) is 0 Å². The molecule has 6 nitrogen and oxygen atoms in total. The van der Waals surface area contributed by atoms with Gasteiger partial charge in [0.25, 0.3) is 0 Å². The zero-order valence-electron chi connectivity index (χ0n) is 21.9. The molecule has 186 valence electrons. The van der Waals surface area contributed by atoms with Gasteiger partial charge in [-0.1, -0.05) is 77.9 Å². The smallest absolute Gasteiger partial charge is 0.244 e. The van der Waals surface area contributed by atoms with E-state index in [1.54, 1.807) is 23.9 Å². The summed E-state index contributed by atoms with van der Waals surface area (Å²) in [6, 6.07) is 17.7. The van der Waals surface area contributed by atoms with E-state index in [0.29, 0.717) is 0 Å². The quantitative estimate of drug-likeness (QED) is 0.624. The number of hydrogen-bond acceptors (Lipinski definition) is 4. The Kier molecular flexibility index (Phi) is 9.03. The fourth-order valence-corrected chi connectivity index (χ4v) is 4.47. The Labute approximate surface area is 205 Å². The summed E-state index contributed by atoms with van der Waals surface area (Å²) in [5.41, 5.74) is 0.575. The summed E-state index contributed by atoms with van der Waals surface area (Å²) in [7, 11) is 3.52. The Hall–Kier alpha value is -2.70. The number of anilines is 2. The van der Waals surface area contributed by atoms with Crippen molar-refractivity contribution in [1.29, 1.82) is 0 Å². The minimum Gasteiger partial charge on any atom is -0.395 e. The highest BCUT2D eigenvalue weighted by molar-refractivity contribution is 6.00. The van der Waals surface area contributed by atoms with E-state index in [0.717, 1.165) is 11.4 Å². The van der Waals surface area contributed by atoms with Crippen molar-refractivity contribution >= 4 is 23.2 Å². The summed E-state index contributed by atoms with van der Waals surface area (Å²) in [4.78, 5) is 33.2. The van der Waals surface area contributed by atoms with Gasteiger partial charge in [-0.05, 0) is 35.1 Å². The highest BCUT2D eigenvalue weighted by atomic mass is 16.3. The third kappa shape index (κ3) is 6.45. The molecule has 34 heavy (non-hydrogen) atoms. The molecule has 0 aliphatic heterocycles. The molecular weight excluding hydrogens is 426 g/mol. The average molecular weight is 468 g/mol. The number of amides is 2. The second kappa shape index (κ2) is 11.2. The van der Waals surface area contributed by atoms with Crippen molar-refractivity contribution in [1.82, 2.24) is 4.90 Å². The minimum atomic E-state index is -0.637. The van der Waals surface area contributed by atoms with Crippen molar-refractivity contribution in [2.75, 3.05) is 37.0 Å². The fraction of sp³-hybridized carbons (Fsp3) is 0.500. The molecule has 0 saturated carbocycles. The number of aliphatic hydroxyl groups excluding tert-OH is 1. The summed E-state index contributed by atoms with van der Waals surface area (Å²) >= 11 is 0. The van der Waals surface area contributed by atoms with E-state index in [-0.39, 0.29) is 25.0 Å². The Morgan fingerprint density at radius 1 is 0.706 bits per heavy atom. The number of rotatable bonds is 8. The predicted molar refractivity (Wildman–Crippen MR) is 140 cm³/mol. The van der Waals surface area contributed by atoms with Crippen LogP contribution in [0.5, 0.6) is 0 Å². The minimum absolute atomic E-state index is 0.114. The van der Waals surface area contributed by atoms with Crippen LogP contribution in [0.3, 0.4) is 0 Å². The van der Waals surface area contributed by atoms with E-state index in [9.17, 15) is 14.7 Å². The molecule has 0 saturated heterocycles. The van der Waals surface area contributed by atoms with Crippen LogP contribution < -0.4 is 9.80 Å². The summed E-state index contributed by atoms with van der Waals surface area (Å²) in [5.74, 6) is -0.229.